The summed E-state index contributed by atoms with van der Waals surface area (Å²) >= 11 is 2.35. The Hall–Kier alpha value is -0.250. The van der Waals surface area contributed by atoms with Crippen LogP contribution in [0.4, 0.5) is 0 Å². The zero-order valence-corrected chi connectivity index (χ0v) is 8.04. The number of halogens is 1. The van der Waals surface area contributed by atoms with E-state index in [9.17, 15) is 0 Å². The van der Waals surface area contributed by atoms with Crippen LogP contribution in [0, 0.1) is 3.57 Å². The highest BCUT2D eigenvalue weighted by Gasteiger charge is 2.47. The molecule has 2 aliphatic rings. The van der Waals surface area contributed by atoms with Crippen LogP contribution < -0.4 is 4.74 Å². The van der Waals surface area contributed by atoms with Crippen LogP contribution in [0.15, 0.2) is 18.2 Å². The van der Waals surface area contributed by atoms with Gasteiger partial charge in [0.1, 0.15) is 11.9 Å². The minimum Gasteiger partial charge on any atom is -0.489 e. The van der Waals surface area contributed by atoms with Crippen LogP contribution in [0.2, 0.25) is 0 Å². The highest BCUT2D eigenvalue weighted by Crippen LogP contribution is 2.53. The van der Waals surface area contributed by atoms with Crippen LogP contribution in [0.5, 0.6) is 5.75 Å². The second-order valence-corrected chi connectivity index (χ2v) is 4.43. The number of ether oxygens (including phenoxy) is 1. The first-order chi connectivity index (χ1) is 5.34. The number of fused-ring (bicyclic) bond motifs is 3. The maximum Gasteiger partial charge on any atom is 0.123 e. The van der Waals surface area contributed by atoms with Crippen molar-refractivity contribution in [2.45, 2.75) is 18.4 Å². The fourth-order valence-electron chi connectivity index (χ4n) is 1.71. The van der Waals surface area contributed by atoms with Crippen LogP contribution in [0.1, 0.15) is 17.9 Å². The molecule has 1 saturated carbocycles. The van der Waals surface area contributed by atoms with E-state index >= 15 is 0 Å². The Kier molecular flexibility index (Phi) is 1.09. The van der Waals surface area contributed by atoms with Gasteiger partial charge in [-0.1, -0.05) is 0 Å². The summed E-state index contributed by atoms with van der Waals surface area (Å²) in [5.41, 5.74) is 1.43. The van der Waals surface area contributed by atoms with Crippen LogP contribution in [0.25, 0.3) is 0 Å². The highest BCUT2D eigenvalue weighted by molar-refractivity contribution is 14.1. The minimum absolute atomic E-state index is 0.531. The maximum atomic E-state index is 5.63. The predicted molar refractivity (Wildman–Crippen MR) is 50.9 cm³/mol. The molecule has 1 unspecified atom stereocenters. The van der Waals surface area contributed by atoms with E-state index in [0.29, 0.717) is 6.10 Å². The number of hydrogen-bond donors (Lipinski definition) is 0. The van der Waals surface area contributed by atoms with Gasteiger partial charge in [0.25, 0.3) is 0 Å². The van der Waals surface area contributed by atoms with E-state index in [-0.39, 0.29) is 0 Å². The van der Waals surface area contributed by atoms with Crippen LogP contribution in [-0.2, 0) is 0 Å². The third kappa shape index (κ3) is 0.818. The summed E-state index contributed by atoms with van der Waals surface area (Å²) in [7, 11) is 0. The molecule has 11 heavy (non-hydrogen) atoms. The molecule has 0 radical (unpaired) electrons. The lowest BCUT2D eigenvalue weighted by Crippen LogP contribution is -1.90. The molecule has 1 heterocycles. The molecule has 1 aromatic rings. The largest absolute Gasteiger partial charge is 0.489 e. The standard InChI is InChI=1S/C9H7IO/c10-5-1-2-8-6(3-5)7-4-9(7)11-8/h1-3,7,9H,4H2/t7-,9?/m1/s1. The molecule has 1 aliphatic carbocycles. The van der Waals surface area contributed by atoms with Crippen molar-refractivity contribution in [1.82, 2.24) is 0 Å². The lowest BCUT2D eigenvalue weighted by Gasteiger charge is -2.02. The Labute approximate surface area is 78.9 Å². The summed E-state index contributed by atoms with van der Waals surface area (Å²) in [6, 6.07) is 6.43. The van der Waals surface area contributed by atoms with Crippen molar-refractivity contribution >= 4 is 22.6 Å². The lowest BCUT2D eigenvalue weighted by molar-refractivity contribution is 0.318. The molecule has 0 spiro atoms. The fraction of sp³-hybridized carbons (Fsp3) is 0.333. The molecule has 0 amide bonds. The molecule has 2 heteroatoms. The van der Waals surface area contributed by atoms with Crippen molar-refractivity contribution in [1.29, 1.82) is 0 Å². The summed E-state index contributed by atoms with van der Waals surface area (Å²) in [4.78, 5) is 0. The fourth-order valence-corrected chi connectivity index (χ4v) is 2.22. The Morgan fingerprint density at radius 1 is 1.45 bits per heavy atom. The van der Waals surface area contributed by atoms with Gasteiger partial charge in [-0.3, -0.25) is 0 Å². The van der Waals surface area contributed by atoms with Crippen molar-refractivity contribution in [2.75, 3.05) is 0 Å². The molecule has 0 saturated heterocycles. The third-order valence-corrected chi connectivity index (χ3v) is 3.05. The van der Waals surface area contributed by atoms with Gasteiger partial charge in [0, 0.05) is 15.1 Å². The predicted octanol–water partition coefficient (Wildman–Crippen LogP) is 2.54. The summed E-state index contributed by atoms with van der Waals surface area (Å²) in [5.74, 6) is 1.85. The molecule has 0 bridgehead atoms. The number of benzene rings is 1. The van der Waals surface area contributed by atoms with E-state index in [1.807, 2.05) is 0 Å². The summed E-state index contributed by atoms with van der Waals surface area (Å²) < 4.78 is 6.95. The van der Waals surface area contributed by atoms with E-state index in [4.69, 9.17) is 4.74 Å². The molecule has 1 nitrogen and oxygen atoms in total. The molecule has 0 N–H and O–H groups in total. The van der Waals surface area contributed by atoms with Crippen molar-refractivity contribution in [2.24, 2.45) is 0 Å². The smallest absolute Gasteiger partial charge is 0.123 e. The van der Waals surface area contributed by atoms with Crippen LogP contribution in [0.3, 0.4) is 0 Å². The molecule has 56 valence electrons. The Morgan fingerprint density at radius 2 is 2.36 bits per heavy atom. The van der Waals surface area contributed by atoms with Gasteiger partial charge in [0.05, 0.1) is 0 Å². The topological polar surface area (TPSA) is 9.23 Å². The Balaban J connectivity index is 2.20. The number of rotatable bonds is 0. The van der Waals surface area contributed by atoms with E-state index in [1.165, 1.54) is 15.6 Å². The summed E-state index contributed by atoms with van der Waals surface area (Å²) in [6.07, 6.45) is 1.77. The molecule has 2 atom stereocenters. The quantitative estimate of drug-likeness (QED) is 0.650. The SMILES string of the molecule is Ic1ccc2c(c1)[C@H]1CC1O2. The third-order valence-electron chi connectivity index (χ3n) is 2.38. The summed E-state index contributed by atoms with van der Waals surface area (Å²) in [6.45, 7) is 0. The minimum atomic E-state index is 0.531. The van der Waals surface area contributed by atoms with E-state index in [0.717, 1.165) is 11.7 Å². The molecule has 0 aromatic heterocycles. The zero-order valence-electron chi connectivity index (χ0n) is 5.88. The van der Waals surface area contributed by atoms with Crippen LogP contribution in [-0.4, -0.2) is 6.10 Å². The van der Waals surface area contributed by atoms with Gasteiger partial charge in [-0.25, -0.2) is 0 Å². The first-order valence-corrected chi connectivity index (χ1v) is 4.88. The molecule has 3 rings (SSSR count). The van der Waals surface area contributed by atoms with Gasteiger partial charge in [0.2, 0.25) is 0 Å². The normalized spacial score (nSPS) is 30.6. The van der Waals surface area contributed by atoms with Gasteiger partial charge in [-0.05, 0) is 47.2 Å². The van der Waals surface area contributed by atoms with Crippen molar-refractivity contribution in [3.63, 3.8) is 0 Å². The van der Waals surface area contributed by atoms with Gasteiger partial charge in [-0.2, -0.15) is 0 Å². The van der Waals surface area contributed by atoms with Gasteiger partial charge >= 0.3 is 0 Å². The Bertz CT molecular complexity index is 321. The first-order valence-electron chi connectivity index (χ1n) is 3.81. The van der Waals surface area contributed by atoms with E-state index in [1.54, 1.807) is 0 Å². The molecular weight excluding hydrogens is 251 g/mol. The number of hydrogen-bond acceptors (Lipinski definition) is 1. The second-order valence-electron chi connectivity index (χ2n) is 3.18. The van der Waals surface area contributed by atoms with Gasteiger partial charge < -0.3 is 4.74 Å². The van der Waals surface area contributed by atoms with Gasteiger partial charge in [-0.15, -0.1) is 0 Å². The highest BCUT2D eigenvalue weighted by atomic mass is 127. The van der Waals surface area contributed by atoms with Crippen molar-refractivity contribution < 1.29 is 4.74 Å². The molecule has 1 aliphatic heterocycles. The molecule has 1 aromatic carbocycles. The maximum absolute atomic E-state index is 5.63. The van der Waals surface area contributed by atoms with Gasteiger partial charge in [0.15, 0.2) is 0 Å². The summed E-state index contributed by atoms with van der Waals surface area (Å²) in [5, 5.41) is 0. The molecular formula is C9H7IO. The van der Waals surface area contributed by atoms with E-state index in [2.05, 4.69) is 40.8 Å². The average Bonchev–Trinajstić information content (AvgIpc) is 2.67. The zero-order chi connectivity index (χ0) is 7.42. The first kappa shape index (κ1) is 6.29. The van der Waals surface area contributed by atoms with Crippen LogP contribution >= 0.6 is 22.6 Å². The monoisotopic (exact) mass is 258 g/mol. The van der Waals surface area contributed by atoms with Crippen molar-refractivity contribution in [3.05, 3.63) is 27.3 Å². The van der Waals surface area contributed by atoms with Crippen molar-refractivity contribution in [3.8, 4) is 5.75 Å². The average molecular weight is 258 g/mol. The van der Waals surface area contributed by atoms with E-state index < -0.39 is 0 Å². The second kappa shape index (κ2) is 1.91. The Morgan fingerprint density at radius 3 is 3.27 bits per heavy atom. The molecule has 1 fully saturated rings. The lowest BCUT2D eigenvalue weighted by atomic mass is 10.1.